The van der Waals surface area contributed by atoms with Crippen LogP contribution in [-0.2, 0) is 9.59 Å². The molecular weight excluding hydrogens is 410 g/mol. The molecule has 7 heteroatoms. The molecule has 1 amide bonds. The molecule has 2 aromatic rings. The number of phenolic OH excluding ortho intramolecular Hbond substituents is 1. The van der Waals surface area contributed by atoms with E-state index in [1.165, 1.54) is 0 Å². The summed E-state index contributed by atoms with van der Waals surface area (Å²) in [6, 6.07) is 10.7. The Morgan fingerprint density at radius 2 is 1.66 bits per heavy atom. The van der Waals surface area contributed by atoms with Crippen molar-refractivity contribution in [3.63, 3.8) is 0 Å². The number of nitrogens with one attached hydrogen (secondary N) is 1. The maximum Gasteiger partial charge on any atom is 0.225 e. The molecule has 1 aliphatic heterocycles. The van der Waals surface area contributed by atoms with Gasteiger partial charge in [0.05, 0.1) is 20.8 Å². The van der Waals surface area contributed by atoms with E-state index in [4.69, 9.17) is 14.2 Å². The predicted octanol–water partition coefficient (Wildman–Crippen LogP) is 3.81. The van der Waals surface area contributed by atoms with Crippen LogP contribution in [-0.4, -0.2) is 37.6 Å². The normalized spacial score (nSPS) is 20.5. The molecule has 168 valence electrons. The van der Waals surface area contributed by atoms with E-state index in [1.54, 1.807) is 32.4 Å². The van der Waals surface area contributed by atoms with Crippen LogP contribution >= 0.6 is 0 Å². The van der Waals surface area contributed by atoms with E-state index in [9.17, 15) is 14.7 Å². The van der Waals surface area contributed by atoms with Crippen molar-refractivity contribution in [3.05, 3.63) is 58.8 Å². The van der Waals surface area contributed by atoms with Crippen molar-refractivity contribution in [1.82, 2.24) is 5.32 Å². The van der Waals surface area contributed by atoms with Gasteiger partial charge in [0.15, 0.2) is 28.8 Å². The molecular formula is C25H27NO6. The molecule has 2 N–H and O–H groups in total. The Morgan fingerprint density at radius 1 is 0.938 bits per heavy atom. The summed E-state index contributed by atoms with van der Waals surface area (Å²) in [7, 11) is 3.16. The summed E-state index contributed by atoms with van der Waals surface area (Å²) in [6.07, 6.45) is 1.08. The van der Waals surface area contributed by atoms with Gasteiger partial charge in [0.1, 0.15) is 0 Å². The number of hydrogen-bond acceptors (Lipinski definition) is 6. The van der Waals surface area contributed by atoms with Crippen molar-refractivity contribution in [3.8, 4) is 23.0 Å². The quantitative estimate of drug-likeness (QED) is 0.714. The molecule has 7 nitrogen and oxygen atoms in total. The zero-order chi connectivity index (χ0) is 22.8. The molecule has 32 heavy (non-hydrogen) atoms. The van der Waals surface area contributed by atoms with Crippen LogP contribution in [0.3, 0.4) is 0 Å². The number of ketones is 1. The highest BCUT2D eigenvalue weighted by Gasteiger charge is 2.38. The smallest absolute Gasteiger partial charge is 0.225 e. The van der Waals surface area contributed by atoms with Crippen LogP contribution < -0.4 is 19.5 Å². The van der Waals surface area contributed by atoms with Gasteiger partial charge >= 0.3 is 0 Å². The van der Waals surface area contributed by atoms with E-state index in [0.29, 0.717) is 48.0 Å². The number of Topliss-reactive ketones (excluding diaryl/α,β-unsaturated/α-hetero) is 1. The minimum absolute atomic E-state index is 0.0158. The number of amides is 1. The molecule has 0 saturated carbocycles. The van der Waals surface area contributed by atoms with E-state index >= 15 is 0 Å². The second-order valence-corrected chi connectivity index (χ2v) is 8.00. The molecule has 4 rings (SSSR count). The van der Waals surface area contributed by atoms with Gasteiger partial charge in [0, 0.05) is 30.0 Å². The van der Waals surface area contributed by atoms with Crippen molar-refractivity contribution in [1.29, 1.82) is 0 Å². The number of allylic oxidation sites excluding steroid dienone is 2. The summed E-state index contributed by atoms with van der Waals surface area (Å²) >= 11 is 0. The van der Waals surface area contributed by atoms with Gasteiger partial charge in [-0.3, -0.25) is 9.59 Å². The Balaban J connectivity index is 1.69. The van der Waals surface area contributed by atoms with E-state index in [2.05, 4.69) is 5.32 Å². The first kappa shape index (κ1) is 21.7. The van der Waals surface area contributed by atoms with Crippen LogP contribution in [0, 0.1) is 0 Å². The first-order valence-electron chi connectivity index (χ1n) is 10.7. The predicted molar refractivity (Wildman–Crippen MR) is 118 cm³/mol. The maximum atomic E-state index is 13.3. The summed E-state index contributed by atoms with van der Waals surface area (Å²) in [4.78, 5) is 25.9. The number of rotatable bonds is 6. The fourth-order valence-electron chi connectivity index (χ4n) is 4.61. The highest BCUT2D eigenvalue weighted by atomic mass is 16.5. The maximum absolute atomic E-state index is 13.3. The number of aromatic hydroxyl groups is 1. The third-order valence-electron chi connectivity index (χ3n) is 6.10. The average molecular weight is 437 g/mol. The van der Waals surface area contributed by atoms with Crippen molar-refractivity contribution >= 4 is 11.7 Å². The molecule has 0 unspecified atom stereocenters. The minimum Gasteiger partial charge on any atom is -0.504 e. The summed E-state index contributed by atoms with van der Waals surface area (Å²) in [5.74, 6) is 1.08. The van der Waals surface area contributed by atoms with Crippen molar-refractivity contribution in [2.24, 2.45) is 0 Å². The lowest BCUT2D eigenvalue weighted by Gasteiger charge is -2.34. The van der Waals surface area contributed by atoms with Crippen LogP contribution in [0.15, 0.2) is 47.7 Å². The molecule has 2 aromatic carbocycles. The lowest BCUT2D eigenvalue weighted by Crippen LogP contribution is -2.38. The molecule has 0 spiro atoms. The Hall–Kier alpha value is -3.48. The van der Waals surface area contributed by atoms with Gasteiger partial charge in [-0.2, -0.15) is 0 Å². The second kappa shape index (κ2) is 8.94. The van der Waals surface area contributed by atoms with Crippen molar-refractivity contribution in [2.75, 3.05) is 20.8 Å². The summed E-state index contributed by atoms with van der Waals surface area (Å²) < 4.78 is 16.2. The Labute approximate surface area is 187 Å². The lowest BCUT2D eigenvalue weighted by atomic mass is 9.73. The number of hydrogen-bond donors (Lipinski definition) is 2. The number of carbonyl (C=O) groups is 2. The van der Waals surface area contributed by atoms with Gasteiger partial charge in [0.25, 0.3) is 0 Å². The van der Waals surface area contributed by atoms with Crippen LogP contribution in [0.5, 0.6) is 23.0 Å². The molecule has 0 aromatic heterocycles. The second-order valence-electron chi connectivity index (χ2n) is 8.00. The van der Waals surface area contributed by atoms with Gasteiger partial charge in [-0.05, 0) is 54.7 Å². The van der Waals surface area contributed by atoms with Crippen LogP contribution in [0.1, 0.15) is 49.1 Å². The number of phenols is 1. The SMILES string of the molecule is CCOc1cc([C@@H]2CC(=O)NC3=C2C(=O)C[C@@H](c2ccc(OC)c(OC)c2)C3)ccc1O. The first-order chi connectivity index (χ1) is 15.4. The Kier molecular flexibility index (Phi) is 6.08. The fourth-order valence-corrected chi connectivity index (χ4v) is 4.61. The van der Waals surface area contributed by atoms with Gasteiger partial charge < -0.3 is 24.6 Å². The first-order valence-corrected chi connectivity index (χ1v) is 10.7. The molecule has 1 heterocycles. The monoisotopic (exact) mass is 437 g/mol. The molecule has 2 aliphatic rings. The van der Waals surface area contributed by atoms with Gasteiger partial charge in [-0.25, -0.2) is 0 Å². The van der Waals surface area contributed by atoms with Crippen molar-refractivity contribution in [2.45, 2.75) is 38.0 Å². The van der Waals surface area contributed by atoms with Crippen molar-refractivity contribution < 1.29 is 28.9 Å². The summed E-state index contributed by atoms with van der Waals surface area (Å²) in [6.45, 7) is 2.24. The van der Waals surface area contributed by atoms with Gasteiger partial charge in [0.2, 0.25) is 5.91 Å². The third-order valence-corrected chi connectivity index (χ3v) is 6.10. The summed E-state index contributed by atoms with van der Waals surface area (Å²) in [5.41, 5.74) is 3.07. The largest absolute Gasteiger partial charge is 0.504 e. The zero-order valence-corrected chi connectivity index (χ0v) is 18.4. The fraction of sp³-hybridized carbons (Fsp3) is 0.360. The van der Waals surface area contributed by atoms with E-state index in [-0.39, 0.29) is 35.7 Å². The van der Waals surface area contributed by atoms with Crippen LogP contribution in [0.4, 0.5) is 0 Å². The molecule has 0 saturated heterocycles. The summed E-state index contributed by atoms with van der Waals surface area (Å²) in [5, 5.41) is 13.0. The Morgan fingerprint density at radius 3 is 2.38 bits per heavy atom. The molecule has 0 radical (unpaired) electrons. The van der Waals surface area contributed by atoms with E-state index in [1.807, 2.05) is 25.1 Å². The van der Waals surface area contributed by atoms with E-state index in [0.717, 1.165) is 11.1 Å². The Bertz CT molecular complexity index is 1090. The van der Waals surface area contributed by atoms with E-state index < -0.39 is 0 Å². The van der Waals surface area contributed by atoms with Gasteiger partial charge in [-0.1, -0.05) is 12.1 Å². The number of ether oxygens (including phenoxy) is 3. The molecule has 2 atom stereocenters. The third kappa shape index (κ3) is 4.02. The minimum atomic E-state index is -0.364. The average Bonchev–Trinajstić information content (AvgIpc) is 2.79. The standard InChI is InChI=1S/C25H27NO6/c1-4-32-22-12-15(5-7-19(22)27)17-13-24(29)26-18-9-16(10-20(28)25(17)18)14-6-8-21(30-2)23(11-14)31-3/h5-8,11-12,16-17,27H,4,9-10,13H2,1-3H3,(H,26,29)/t16-,17-/m0/s1. The molecule has 1 aliphatic carbocycles. The highest BCUT2D eigenvalue weighted by Crippen LogP contribution is 2.44. The number of benzene rings is 2. The van der Waals surface area contributed by atoms with Crippen LogP contribution in [0.25, 0.3) is 0 Å². The van der Waals surface area contributed by atoms with Crippen LogP contribution in [0.2, 0.25) is 0 Å². The lowest BCUT2D eigenvalue weighted by molar-refractivity contribution is -0.122. The highest BCUT2D eigenvalue weighted by molar-refractivity contribution is 6.02. The van der Waals surface area contributed by atoms with Gasteiger partial charge in [-0.15, -0.1) is 0 Å². The molecule has 0 bridgehead atoms. The number of carbonyl (C=O) groups excluding carboxylic acids is 2. The zero-order valence-electron chi connectivity index (χ0n) is 18.4. The topological polar surface area (TPSA) is 94.1 Å². The number of methoxy groups -OCH3 is 2. The molecule has 0 fully saturated rings.